The molecule has 1 aromatic carbocycles. The number of hydrogen-bond donors (Lipinski definition) is 4. The fraction of sp³-hybridized carbons (Fsp3) is 0.765. The van der Waals surface area contributed by atoms with Gasteiger partial charge >= 0.3 is 11.9 Å². The minimum atomic E-state index is -1.41. The number of hydrogen-bond acceptors (Lipinski definition) is 14. The van der Waals surface area contributed by atoms with Gasteiger partial charge in [-0.1, -0.05) is 67.5 Å². The first-order valence-corrected chi connectivity index (χ1v) is 24.6. The Morgan fingerprint density at radius 3 is 2.23 bits per heavy atom. The summed E-state index contributed by atoms with van der Waals surface area (Å²) in [4.78, 5) is 58.4. The molecule has 15 heteroatoms. The van der Waals surface area contributed by atoms with Crippen LogP contribution in [-0.2, 0) is 47.6 Å². The van der Waals surface area contributed by atoms with Gasteiger partial charge in [-0.25, -0.2) is 4.79 Å². The zero-order valence-electron chi connectivity index (χ0n) is 41.0. The van der Waals surface area contributed by atoms with Gasteiger partial charge in [-0.05, 0) is 108 Å². The number of phenolic OH excluding ortho intramolecular Hbond substituents is 1. The van der Waals surface area contributed by atoms with Crippen LogP contribution in [0.15, 0.2) is 36.4 Å². The van der Waals surface area contributed by atoms with Gasteiger partial charge in [0.2, 0.25) is 5.79 Å². The predicted molar refractivity (Wildman–Crippen MR) is 242 cm³/mol. The maximum Gasteiger partial charge on any atom is 0.337 e. The first-order valence-electron chi connectivity index (χ1n) is 24.6. The topological polar surface area (TPSA) is 206 Å². The molecule has 5 aliphatic rings. The monoisotopic (exact) mass is 928 g/mol. The number of carbonyl (C=O) groups is 4. The normalized spacial score (nSPS) is 39.1. The van der Waals surface area contributed by atoms with Crippen molar-refractivity contribution in [2.75, 3.05) is 0 Å². The van der Waals surface area contributed by atoms with E-state index in [9.17, 15) is 34.5 Å². The van der Waals surface area contributed by atoms with Crippen molar-refractivity contribution in [2.45, 2.75) is 206 Å². The molecule has 0 radical (unpaired) electrons. The average molecular weight is 928 g/mol. The van der Waals surface area contributed by atoms with E-state index in [4.69, 9.17) is 33.3 Å². The van der Waals surface area contributed by atoms with Crippen molar-refractivity contribution in [1.82, 2.24) is 5.48 Å². The van der Waals surface area contributed by atoms with E-state index in [-0.39, 0.29) is 41.0 Å². The van der Waals surface area contributed by atoms with Gasteiger partial charge in [0.05, 0.1) is 59.3 Å². The van der Waals surface area contributed by atoms with E-state index < -0.39 is 101 Å². The number of aromatic hydroxyl groups is 1. The third-order valence-electron chi connectivity index (χ3n) is 16.1. The Balaban J connectivity index is 1.15. The molecule has 4 saturated heterocycles. The molecule has 5 aliphatic heterocycles. The second-order valence-electron chi connectivity index (χ2n) is 20.5. The number of ether oxygens (including phenoxy) is 6. The molecule has 2 spiro atoms. The maximum absolute atomic E-state index is 14.8. The molecule has 66 heavy (non-hydrogen) atoms. The fourth-order valence-electron chi connectivity index (χ4n) is 11.7. The second-order valence-corrected chi connectivity index (χ2v) is 20.5. The largest absolute Gasteiger partial charge is 0.507 e. The minimum absolute atomic E-state index is 0.0122. The summed E-state index contributed by atoms with van der Waals surface area (Å²) in [6.07, 6.45) is 4.66. The van der Waals surface area contributed by atoms with Gasteiger partial charge in [0.15, 0.2) is 11.9 Å². The zero-order valence-corrected chi connectivity index (χ0v) is 41.0. The molecule has 1 amide bonds. The second kappa shape index (κ2) is 20.7. The highest BCUT2D eigenvalue weighted by atomic mass is 16.8. The number of esters is 1. The molecule has 5 heterocycles. The number of ketones is 1. The van der Waals surface area contributed by atoms with Crippen LogP contribution >= 0.6 is 0 Å². The summed E-state index contributed by atoms with van der Waals surface area (Å²) in [7, 11) is 0. The quantitative estimate of drug-likeness (QED) is 0.0823. The molecule has 1 aromatic rings. The Morgan fingerprint density at radius 1 is 0.894 bits per heavy atom. The molecule has 4 N–H and O–H groups in total. The van der Waals surface area contributed by atoms with Crippen LogP contribution in [0.1, 0.15) is 151 Å². The Hall–Kier alpha value is -3.44. The van der Waals surface area contributed by atoms with Crippen molar-refractivity contribution in [3.63, 3.8) is 0 Å². The Morgan fingerprint density at radius 2 is 1.59 bits per heavy atom. The van der Waals surface area contributed by atoms with E-state index in [0.29, 0.717) is 64.2 Å². The molecule has 0 saturated carbocycles. The van der Waals surface area contributed by atoms with Crippen LogP contribution in [0.4, 0.5) is 0 Å². The van der Waals surface area contributed by atoms with Crippen LogP contribution < -0.4 is 5.48 Å². The highest BCUT2D eigenvalue weighted by Crippen LogP contribution is 2.54. The molecular formula is C51H77NO14. The van der Waals surface area contributed by atoms with Gasteiger partial charge in [0.25, 0.3) is 5.91 Å². The molecule has 0 aliphatic carbocycles. The van der Waals surface area contributed by atoms with Gasteiger partial charge < -0.3 is 48.6 Å². The number of phenols is 1. The van der Waals surface area contributed by atoms with Crippen molar-refractivity contribution in [3.8, 4) is 5.75 Å². The van der Waals surface area contributed by atoms with Gasteiger partial charge in [0, 0.05) is 37.0 Å². The molecule has 4 fully saturated rings. The smallest absolute Gasteiger partial charge is 0.337 e. The lowest BCUT2D eigenvalue weighted by molar-refractivity contribution is -0.409. The third-order valence-corrected chi connectivity index (χ3v) is 16.1. The number of aliphatic hydroxyl groups excluding tert-OH is 1. The highest BCUT2D eigenvalue weighted by Gasteiger charge is 2.64. The number of para-hydroxylation sites is 1. The lowest BCUT2D eigenvalue weighted by Crippen LogP contribution is -2.63. The van der Waals surface area contributed by atoms with Gasteiger partial charge in [-0.3, -0.25) is 14.4 Å². The van der Waals surface area contributed by atoms with Gasteiger partial charge in [0.1, 0.15) is 11.5 Å². The molecule has 0 unspecified atom stereocenters. The van der Waals surface area contributed by atoms with Crippen LogP contribution in [-0.4, -0.2) is 104 Å². The number of amides is 1. The van der Waals surface area contributed by atoms with E-state index in [1.165, 1.54) is 19.1 Å². The van der Waals surface area contributed by atoms with E-state index >= 15 is 0 Å². The first-order chi connectivity index (χ1) is 31.1. The molecule has 370 valence electrons. The molecule has 6 rings (SSSR count). The van der Waals surface area contributed by atoms with E-state index in [0.717, 1.165) is 0 Å². The van der Waals surface area contributed by atoms with Crippen molar-refractivity contribution in [1.29, 1.82) is 0 Å². The lowest BCUT2D eigenvalue weighted by Gasteiger charge is -2.54. The standard InChI is InChI=1S/C51H77NO14/c1-12-35(47(58)64-52-46(57)37-17-15-16-18-38(37)54)39-20-19-28(4)44(62-39)32(8)42(55)31(7)43(56)36(13-2)45-29(5)27-30(6)50(63-45)24-22-41(61-34(10)53)51(66-50)26-25-48(11,65-51)40-21-23-49(59,14-3)33(9)60-40/h15-18,22,24,28-33,35-36,39-42,44-45,54-55,59H,12-14,19-21,23,25-27H2,1-11H3,(H,52,57)/t28-,29-,30+,31-,32-,33-,35+,36-,39+,40+,41-,42+,44+,45-,48-,49+,50-,51-/m0/s1. The van der Waals surface area contributed by atoms with Crippen LogP contribution in [0.3, 0.4) is 0 Å². The van der Waals surface area contributed by atoms with Crippen LogP contribution in [0, 0.1) is 41.4 Å². The number of carbonyl (C=O) groups excluding carboxylic acids is 4. The molecule has 0 bridgehead atoms. The summed E-state index contributed by atoms with van der Waals surface area (Å²) in [5.41, 5.74) is 0.371. The third kappa shape index (κ3) is 10.3. The summed E-state index contributed by atoms with van der Waals surface area (Å²) >= 11 is 0. The average Bonchev–Trinajstić information content (AvgIpc) is 3.63. The van der Waals surface area contributed by atoms with E-state index in [2.05, 4.69) is 12.4 Å². The molecule has 0 aromatic heterocycles. The summed E-state index contributed by atoms with van der Waals surface area (Å²) in [5.74, 6) is -7.87. The van der Waals surface area contributed by atoms with Crippen LogP contribution in [0.25, 0.3) is 0 Å². The lowest BCUT2D eigenvalue weighted by atomic mass is 9.72. The van der Waals surface area contributed by atoms with Crippen molar-refractivity contribution < 1.29 is 67.8 Å². The van der Waals surface area contributed by atoms with Crippen molar-refractivity contribution in [3.05, 3.63) is 42.0 Å². The predicted octanol–water partition coefficient (Wildman–Crippen LogP) is 7.27. The maximum atomic E-state index is 14.8. The summed E-state index contributed by atoms with van der Waals surface area (Å²) in [6, 6.07) is 5.94. The highest BCUT2D eigenvalue weighted by molar-refractivity contribution is 5.96. The van der Waals surface area contributed by atoms with Gasteiger partial charge in [-0.2, -0.15) is 5.48 Å². The van der Waals surface area contributed by atoms with Crippen LogP contribution in [0.5, 0.6) is 5.75 Å². The summed E-state index contributed by atoms with van der Waals surface area (Å²) in [5, 5.41) is 33.2. The number of nitrogens with one attached hydrogen (secondary N) is 1. The van der Waals surface area contributed by atoms with Crippen molar-refractivity contribution in [2.24, 2.45) is 41.4 Å². The van der Waals surface area contributed by atoms with Gasteiger partial charge in [-0.15, -0.1) is 0 Å². The SMILES string of the molecule is CC[C@@H](C(=O)[C@@H](C)[C@@H](O)[C@H](C)[C@@H]1O[C@@H]([C@@H](CC)C(=O)ONC(=O)c2ccccc2O)CC[C@@H]1C)[C@H]1O[C@]2(C=C[C@H](OC(C)=O)[C@]3(CC[C@@](C)([C@H]4CC[C@](O)(CC)[C@H](C)O4)O3)O2)[C@H](C)C[C@@H]1C. The summed E-state index contributed by atoms with van der Waals surface area (Å²) < 4.78 is 40.1. The van der Waals surface area contributed by atoms with E-state index in [1.807, 2.05) is 61.5 Å². The summed E-state index contributed by atoms with van der Waals surface area (Å²) in [6.45, 7) is 20.8. The number of Topliss-reactive ketones (excluding diaryl/α,β-unsaturated/α-hetero) is 1. The number of aliphatic hydroxyl groups is 2. The van der Waals surface area contributed by atoms with Crippen LogP contribution in [0.2, 0.25) is 0 Å². The molecule has 15 nitrogen and oxygen atoms in total. The fourth-order valence-corrected chi connectivity index (χ4v) is 11.7. The zero-order chi connectivity index (χ0) is 48.5. The Kier molecular flexibility index (Phi) is 16.3. The first kappa shape index (κ1) is 51.9. The van der Waals surface area contributed by atoms with E-state index in [1.54, 1.807) is 25.1 Å². The molecule has 18 atom stereocenters. The molecular weight excluding hydrogens is 851 g/mol. The number of rotatable bonds is 14. The Bertz CT molecular complexity index is 1930. The van der Waals surface area contributed by atoms with Crippen molar-refractivity contribution >= 4 is 23.6 Å². The Labute approximate surface area is 390 Å². The number of benzene rings is 1. The number of hydroxylamine groups is 1. The minimum Gasteiger partial charge on any atom is -0.507 e.